The lowest BCUT2D eigenvalue weighted by molar-refractivity contribution is 0.447. The van der Waals surface area contributed by atoms with Gasteiger partial charge in [-0.25, -0.2) is 0 Å². The van der Waals surface area contributed by atoms with Gasteiger partial charge in [0.2, 0.25) is 0 Å². The molecule has 2 aromatic carbocycles. The molecule has 3 rings (SSSR count). The molecule has 21 heavy (non-hydrogen) atoms. The molecule has 0 radical (unpaired) electrons. The summed E-state index contributed by atoms with van der Waals surface area (Å²) in [5, 5.41) is 4.73. The SMILES string of the molecule is Cc1c(C(C)NCc2ccccc2Br)oc2ccccc12. The fraction of sp³-hybridized carbons (Fsp3) is 0.222. The third-order valence-corrected chi connectivity index (χ3v) is 4.60. The first kappa shape index (κ1) is 14.4. The van der Waals surface area contributed by atoms with Gasteiger partial charge in [-0.05, 0) is 37.1 Å². The van der Waals surface area contributed by atoms with Gasteiger partial charge in [-0.15, -0.1) is 0 Å². The van der Waals surface area contributed by atoms with Crippen molar-refractivity contribution >= 4 is 26.9 Å². The van der Waals surface area contributed by atoms with Gasteiger partial charge in [0.25, 0.3) is 0 Å². The quantitative estimate of drug-likeness (QED) is 0.690. The molecule has 0 aliphatic heterocycles. The van der Waals surface area contributed by atoms with Crippen LogP contribution >= 0.6 is 15.9 Å². The molecule has 3 aromatic rings. The fourth-order valence-corrected chi connectivity index (χ4v) is 3.03. The van der Waals surface area contributed by atoms with Crippen molar-refractivity contribution < 1.29 is 4.42 Å². The van der Waals surface area contributed by atoms with Crippen LogP contribution in [0.2, 0.25) is 0 Å². The van der Waals surface area contributed by atoms with E-state index in [0.717, 1.165) is 22.4 Å². The van der Waals surface area contributed by atoms with E-state index in [9.17, 15) is 0 Å². The van der Waals surface area contributed by atoms with Gasteiger partial charge in [0, 0.05) is 16.4 Å². The molecule has 1 aromatic heterocycles. The van der Waals surface area contributed by atoms with Crippen LogP contribution in [0.5, 0.6) is 0 Å². The van der Waals surface area contributed by atoms with E-state index in [1.165, 1.54) is 16.5 Å². The van der Waals surface area contributed by atoms with E-state index in [-0.39, 0.29) is 6.04 Å². The van der Waals surface area contributed by atoms with Crippen LogP contribution in [0, 0.1) is 6.92 Å². The van der Waals surface area contributed by atoms with Crippen LogP contribution in [0.15, 0.2) is 57.4 Å². The third-order valence-electron chi connectivity index (χ3n) is 3.83. The number of rotatable bonds is 4. The molecule has 0 bridgehead atoms. The van der Waals surface area contributed by atoms with Gasteiger partial charge >= 0.3 is 0 Å². The lowest BCUT2D eigenvalue weighted by Crippen LogP contribution is -2.18. The Hall–Kier alpha value is -1.58. The molecule has 0 aliphatic carbocycles. The standard InChI is InChI=1S/C18H18BrNO/c1-12-15-8-4-6-10-17(15)21-18(12)13(2)20-11-14-7-3-5-9-16(14)19/h3-10,13,20H,11H2,1-2H3. The lowest BCUT2D eigenvalue weighted by Gasteiger charge is -2.13. The zero-order valence-corrected chi connectivity index (χ0v) is 13.8. The number of aryl methyl sites for hydroxylation is 1. The van der Waals surface area contributed by atoms with Gasteiger partial charge in [0.1, 0.15) is 11.3 Å². The van der Waals surface area contributed by atoms with E-state index in [4.69, 9.17) is 4.42 Å². The maximum atomic E-state index is 6.01. The summed E-state index contributed by atoms with van der Waals surface area (Å²) < 4.78 is 7.14. The Labute approximate surface area is 133 Å². The summed E-state index contributed by atoms with van der Waals surface area (Å²) in [6, 6.07) is 16.6. The summed E-state index contributed by atoms with van der Waals surface area (Å²) in [6.45, 7) is 5.07. The molecule has 0 aliphatic rings. The number of fused-ring (bicyclic) bond motifs is 1. The van der Waals surface area contributed by atoms with Crippen molar-refractivity contribution in [3.05, 3.63) is 69.9 Å². The number of hydrogen-bond acceptors (Lipinski definition) is 2. The fourth-order valence-electron chi connectivity index (χ4n) is 2.60. The first-order valence-electron chi connectivity index (χ1n) is 7.11. The second-order valence-corrected chi connectivity index (χ2v) is 6.14. The molecule has 0 saturated carbocycles. The van der Waals surface area contributed by atoms with Gasteiger partial charge < -0.3 is 9.73 Å². The third kappa shape index (κ3) is 2.89. The first-order chi connectivity index (χ1) is 10.2. The summed E-state index contributed by atoms with van der Waals surface area (Å²) in [5.74, 6) is 1.02. The molecule has 108 valence electrons. The number of benzene rings is 2. The second kappa shape index (κ2) is 6.04. The zero-order chi connectivity index (χ0) is 14.8. The topological polar surface area (TPSA) is 25.2 Å². The van der Waals surface area contributed by atoms with Crippen molar-refractivity contribution in [2.24, 2.45) is 0 Å². The van der Waals surface area contributed by atoms with E-state index >= 15 is 0 Å². The monoisotopic (exact) mass is 343 g/mol. The molecule has 1 N–H and O–H groups in total. The summed E-state index contributed by atoms with van der Waals surface area (Å²) in [7, 11) is 0. The van der Waals surface area contributed by atoms with Crippen LogP contribution in [-0.4, -0.2) is 0 Å². The van der Waals surface area contributed by atoms with E-state index in [1.807, 2.05) is 24.3 Å². The van der Waals surface area contributed by atoms with Crippen LogP contribution in [0.25, 0.3) is 11.0 Å². The first-order valence-corrected chi connectivity index (χ1v) is 7.91. The Kier molecular flexibility index (Phi) is 4.13. The average Bonchev–Trinajstić information content (AvgIpc) is 2.84. The predicted molar refractivity (Wildman–Crippen MR) is 90.3 cm³/mol. The number of para-hydroxylation sites is 1. The molecule has 0 fully saturated rings. The number of hydrogen-bond donors (Lipinski definition) is 1. The van der Waals surface area contributed by atoms with Crippen molar-refractivity contribution in [2.45, 2.75) is 26.4 Å². The lowest BCUT2D eigenvalue weighted by atomic mass is 10.1. The van der Waals surface area contributed by atoms with Crippen molar-refractivity contribution in [3.63, 3.8) is 0 Å². The van der Waals surface area contributed by atoms with E-state index in [0.29, 0.717) is 0 Å². The number of halogens is 1. The molecular weight excluding hydrogens is 326 g/mol. The highest BCUT2D eigenvalue weighted by atomic mass is 79.9. The van der Waals surface area contributed by atoms with Crippen LogP contribution in [-0.2, 0) is 6.54 Å². The Morgan fingerprint density at radius 1 is 1.10 bits per heavy atom. The smallest absolute Gasteiger partial charge is 0.134 e. The highest BCUT2D eigenvalue weighted by molar-refractivity contribution is 9.10. The minimum Gasteiger partial charge on any atom is -0.459 e. The molecular formula is C18H18BrNO. The molecule has 1 heterocycles. The second-order valence-electron chi connectivity index (χ2n) is 5.28. The summed E-state index contributed by atoms with van der Waals surface area (Å²) in [5.41, 5.74) is 3.43. The van der Waals surface area contributed by atoms with Gasteiger partial charge in [-0.1, -0.05) is 52.3 Å². The van der Waals surface area contributed by atoms with Crippen molar-refractivity contribution in [3.8, 4) is 0 Å². The van der Waals surface area contributed by atoms with E-state index < -0.39 is 0 Å². The summed E-state index contributed by atoms with van der Waals surface area (Å²) in [6.07, 6.45) is 0. The van der Waals surface area contributed by atoms with Crippen LogP contribution < -0.4 is 5.32 Å². The molecule has 0 spiro atoms. The average molecular weight is 344 g/mol. The minimum atomic E-state index is 0.171. The Bertz CT molecular complexity index is 763. The Balaban J connectivity index is 1.80. The number of furan rings is 1. The Morgan fingerprint density at radius 2 is 1.81 bits per heavy atom. The van der Waals surface area contributed by atoms with Crippen molar-refractivity contribution in [1.29, 1.82) is 0 Å². The highest BCUT2D eigenvalue weighted by Gasteiger charge is 2.16. The Morgan fingerprint density at radius 3 is 2.57 bits per heavy atom. The summed E-state index contributed by atoms with van der Waals surface area (Å²) in [4.78, 5) is 0. The molecule has 3 heteroatoms. The maximum absolute atomic E-state index is 6.01. The van der Waals surface area contributed by atoms with Gasteiger partial charge in [-0.2, -0.15) is 0 Å². The molecule has 2 nitrogen and oxygen atoms in total. The van der Waals surface area contributed by atoms with Crippen LogP contribution in [0.1, 0.15) is 29.9 Å². The molecule has 1 atom stereocenters. The van der Waals surface area contributed by atoms with Gasteiger partial charge in [0.05, 0.1) is 6.04 Å². The highest BCUT2D eigenvalue weighted by Crippen LogP contribution is 2.29. The summed E-state index contributed by atoms with van der Waals surface area (Å²) >= 11 is 3.58. The molecule has 0 saturated heterocycles. The van der Waals surface area contributed by atoms with Crippen molar-refractivity contribution in [1.82, 2.24) is 5.32 Å². The predicted octanol–water partition coefficient (Wildman–Crippen LogP) is 5.35. The molecule has 1 unspecified atom stereocenters. The van der Waals surface area contributed by atoms with E-state index in [2.05, 4.69) is 59.4 Å². The van der Waals surface area contributed by atoms with Crippen LogP contribution in [0.3, 0.4) is 0 Å². The number of nitrogens with one attached hydrogen (secondary N) is 1. The molecule has 0 amide bonds. The van der Waals surface area contributed by atoms with Crippen LogP contribution in [0.4, 0.5) is 0 Å². The van der Waals surface area contributed by atoms with Gasteiger partial charge in [0.15, 0.2) is 0 Å². The maximum Gasteiger partial charge on any atom is 0.134 e. The largest absolute Gasteiger partial charge is 0.459 e. The van der Waals surface area contributed by atoms with Crippen molar-refractivity contribution in [2.75, 3.05) is 0 Å². The van der Waals surface area contributed by atoms with Gasteiger partial charge in [-0.3, -0.25) is 0 Å². The normalized spacial score (nSPS) is 12.7. The van der Waals surface area contributed by atoms with E-state index in [1.54, 1.807) is 0 Å². The minimum absolute atomic E-state index is 0.171. The zero-order valence-electron chi connectivity index (χ0n) is 12.2.